The Balaban J connectivity index is 4.04. The lowest BCUT2D eigenvalue weighted by Crippen LogP contribution is -2.34. The summed E-state index contributed by atoms with van der Waals surface area (Å²) in [6, 6.07) is -0.983. The van der Waals surface area contributed by atoms with Gasteiger partial charge in [-0.2, -0.15) is 0 Å². The molecule has 0 saturated carbocycles. The van der Waals surface area contributed by atoms with E-state index in [0.29, 0.717) is 6.16 Å². The van der Waals surface area contributed by atoms with Crippen LogP contribution in [0.1, 0.15) is 26.2 Å². The highest BCUT2D eigenvalue weighted by Gasteiger charge is 2.20. The van der Waals surface area contributed by atoms with Crippen molar-refractivity contribution in [2.75, 3.05) is 6.16 Å². The van der Waals surface area contributed by atoms with Gasteiger partial charge in [-0.05, 0) is 12.8 Å². The lowest BCUT2D eigenvalue weighted by molar-refractivity contribution is -0.140. The molecule has 6 nitrogen and oxygen atoms in total. The van der Waals surface area contributed by atoms with Crippen LogP contribution >= 0.6 is 8.30 Å². The van der Waals surface area contributed by atoms with E-state index in [1.807, 2.05) is 6.92 Å². The molecule has 1 unspecified atom stereocenters. The third kappa shape index (κ3) is 7.25. The molecule has 0 radical (unpaired) electrons. The van der Waals surface area contributed by atoms with Crippen molar-refractivity contribution in [3.05, 3.63) is 0 Å². The predicted octanol–water partition coefficient (Wildman–Crippen LogP) is 0.608. The van der Waals surface area contributed by atoms with E-state index in [9.17, 15) is 14.5 Å². The first-order valence-electron chi connectivity index (χ1n) is 4.64. The third-order valence-corrected chi connectivity index (χ3v) is 3.17. The van der Waals surface area contributed by atoms with E-state index < -0.39 is 26.3 Å². The summed E-state index contributed by atoms with van der Waals surface area (Å²) < 4.78 is 0. The molecular formula is C8H16NO5P. The van der Waals surface area contributed by atoms with E-state index >= 15 is 0 Å². The Morgan fingerprint density at radius 1 is 1.40 bits per heavy atom. The maximum Gasteiger partial charge on any atom is 0.321 e. The Kier molecular flexibility index (Phi) is 7.21. The first kappa shape index (κ1) is 14.3. The van der Waals surface area contributed by atoms with Crippen LogP contribution < -0.4 is 5.09 Å². The monoisotopic (exact) mass is 237 g/mol. The number of carboxylic acids is 2. The highest BCUT2D eigenvalue weighted by molar-refractivity contribution is 7.49. The van der Waals surface area contributed by atoms with Gasteiger partial charge in [-0.15, -0.1) is 0 Å². The third-order valence-electron chi connectivity index (χ3n) is 1.69. The Bertz CT molecular complexity index is 223. The summed E-state index contributed by atoms with van der Waals surface area (Å²) in [5.41, 5.74) is 0. The molecule has 88 valence electrons. The van der Waals surface area contributed by atoms with Crippen LogP contribution in [0.15, 0.2) is 0 Å². The van der Waals surface area contributed by atoms with Gasteiger partial charge in [0.2, 0.25) is 0 Å². The number of hydrogen-bond donors (Lipinski definition) is 4. The van der Waals surface area contributed by atoms with Crippen molar-refractivity contribution >= 4 is 20.2 Å². The van der Waals surface area contributed by atoms with Gasteiger partial charge in [0.25, 0.3) is 0 Å². The number of carboxylic acid groups (broad SMARTS) is 2. The summed E-state index contributed by atoms with van der Waals surface area (Å²) in [5, 5.41) is 19.7. The molecule has 0 aromatic rings. The van der Waals surface area contributed by atoms with Crippen molar-refractivity contribution in [3.63, 3.8) is 0 Å². The molecule has 0 spiro atoms. The summed E-state index contributed by atoms with van der Waals surface area (Å²) >= 11 is 0. The fourth-order valence-corrected chi connectivity index (χ4v) is 2.12. The van der Waals surface area contributed by atoms with Gasteiger partial charge in [0.15, 0.2) is 0 Å². The van der Waals surface area contributed by atoms with Crippen molar-refractivity contribution in [1.29, 1.82) is 0 Å². The van der Waals surface area contributed by atoms with Crippen LogP contribution in [-0.2, 0) is 9.59 Å². The standard InChI is InChI=1S/C8H16NO5P/c1-2-5-15(14)9-6(8(12)13)3-4-7(10)11/h6,9,14H,2-5H2,1H3,(H,10,11)(H,12,13)/t6-,15?/m0/s1. The second-order valence-corrected chi connectivity index (χ2v) is 4.58. The second kappa shape index (κ2) is 7.56. The van der Waals surface area contributed by atoms with Crippen molar-refractivity contribution in [2.24, 2.45) is 0 Å². The Hall–Kier alpha value is -0.710. The van der Waals surface area contributed by atoms with E-state index in [0.717, 1.165) is 6.42 Å². The van der Waals surface area contributed by atoms with Crippen molar-refractivity contribution < 1.29 is 24.7 Å². The van der Waals surface area contributed by atoms with E-state index in [-0.39, 0.29) is 12.8 Å². The zero-order valence-corrected chi connectivity index (χ0v) is 9.41. The Labute approximate surface area is 89.2 Å². The number of aliphatic carboxylic acids is 2. The van der Waals surface area contributed by atoms with Crippen molar-refractivity contribution in [3.8, 4) is 0 Å². The van der Waals surface area contributed by atoms with Crippen molar-refractivity contribution in [1.82, 2.24) is 5.09 Å². The van der Waals surface area contributed by atoms with Crippen LogP contribution in [0.2, 0.25) is 0 Å². The molecule has 2 atom stereocenters. The second-order valence-electron chi connectivity index (χ2n) is 3.08. The fraction of sp³-hybridized carbons (Fsp3) is 0.750. The topological polar surface area (TPSA) is 107 Å². The van der Waals surface area contributed by atoms with Crippen LogP contribution in [0, 0.1) is 0 Å². The molecule has 0 aliphatic carbocycles. The number of hydrogen-bond acceptors (Lipinski definition) is 4. The molecule has 0 heterocycles. The van der Waals surface area contributed by atoms with Gasteiger partial charge in [-0.25, -0.2) is 0 Å². The van der Waals surface area contributed by atoms with Crippen LogP contribution in [0.25, 0.3) is 0 Å². The molecule has 0 bridgehead atoms. The molecule has 0 aliphatic rings. The smallest absolute Gasteiger partial charge is 0.321 e. The molecule has 0 fully saturated rings. The molecule has 0 aromatic heterocycles. The highest BCUT2D eigenvalue weighted by Crippen LogP contribution is 2.26. The van der Waals surface area contributed by atoms with Gasteiger partial charge < -0.3 is 15.1 Å². The van der Waals surface area contributed by atoms with Gasteiger partial charge in [-0.3, -0.25) is 14.7 Å². The van der Waals surface area contributed by atoms with Crippen molar-refractivity contribution in [2.45, 2.75) is 32.2 Å². The zero-order valence-electron chi connectivity index (χ0n) is 8.51. The minimum absolute atomic E-state index is 0.0201. The van der Waals surface area contributed by atoms with Gasteiger partial charge in [-0.1, -0.05) is 6.92 Å². The molecule has 15 heavy (non-hydrogen) atoms. The summed E-state index contributed by atoms with van der Waals surface area (Å²) in [5.74, 6) is -2.17. The summed E-state index contributed by atoms with van der Waals surface area (Å²) in [6.45, 7) is 1.88. The highest BCUT2D eigenvalue weighted by atomic mass is 31.2. The van der Waals surface area contributed by atoms with E-state index in [1.165, 1.54) is 0 Å². The lowest BCUT2D eigenvalue weighted by Gasteiger charge is -2.17. The zero-order chi connectivity index (χ0) is 11.8. The van der Waals surface area contributed by atoms with Crippen LogP contribution in [0.5, 0.6) is 0 Å². The van der Waals surface area contributed by atoms with Gasteiger partial charge in [0.1, 0.15) is 6.04 Å². The molecule has 7 heteroatoms. The molecule has 0 saturated heterocycles. The SMILES string of the molecule is CCCP(O)N[C@@H](CCC(=O)O)C(=O)O. The molecular weight excluding hydrogens is 221 g/mol. The first-order chi connectivity index (χ1) is 6.97. The maximum atomic E-state index is 10.7. The molecule has 0 rings (SSSR count). The minimum atomic E-state index is -1.51. The normalized spacial score (nSPS) is 14.5. The van der Waals surface area contributed by atoms with Gasteiger partial charge in [0, 0.05) is 12.6 Å². The van der Waals surface area contributed by atoms with E-state index in [1.54, 1.807) is 0 Å². The number of nitrogens with one attached hydrogen (secondary N) is 1. The largest absolute Gasteiger partial charge is 0.481 e. The van der Waals surface area contributed by atoms with Crippen LogP contribution in [0.4, 0.5) is 0 Å². The minimum Gasteiger partial charge on any atom is -0.481 e. The summed E-state index contributed by atoms with van der Waals surface area (Å²) in [4.78, 5) is 30.3. The summed E-state index contributed by atoms with van der Waals surface area (Å²) in [6.07, 6.45) is 1.01. The molecule has 0 aliphatic heterocycles. The molecule has 0 amide bonds. The maximum absolute atomic E-state index is 10.7. The van der Waals surface area contributed by atoms with Crippen LogP contribution in [0.3, 0.4) is 0 Å². The quantitative estimate of drug-likeness (QED) is 0.461. The lowest BCUT2D eigenvalue weighted by atomic mass is 10.2. The number of carbonyl (C=O) groups is 2. The van der Waals surface area contributed by atoms with Gasteiger partial charge in [0.05, 0.1) is 8.30 Å². The number of rotatable bonds is 8. The first-order valence-corrected chi connectivity index (χ1v) is 6.12. The summed E-state index contributed by atoms with van der Waals surface area (Å²) in [7, 11) is -1.51. The van der Waals surface area contributed by atoms with E-state index in [2.05, 4.69) is 5.09 Å². The average Bonchev–Trinajstić information content (AvgIpc) is 2.11. The molecule has 0 aromatic carbocycles. The predicted molar refractivity (Wildman–Crippen MR) is 55.7 cm³/mol. The average molecular weight is 237 g/mol. The molecule has 4 N–H and O–H groups in total. The fourth-order valence-electron chi connectivity index (χ4n) is 0.967. The van der Waals surface area contributed by atoms with Gasteiger partial charge >= 0.3 is 11.9 Å². The Morgan fingerprint density at radius 3 is 2.40 bits per heavy atom. The van der Waals surface area contributed by atoms with E-state index in [4.69, 9.17) is 10.2 Å². The Morgan fingerprint density at radius 2 is 2.00 bits per heavy atom. The van der Waals surface area contributed by atoms with Crippen LogP contribution in [-0.4, -0.2) is 39.2 Å².